The van der Waals surface area contributed by atoms with Crippen LogP contribution in [0.3, 0.4) is 0 Å². The summed E-state index contributed by atoms with van der Waals surface area (Å²) < 4.78 is 10.3. The van der Waals surface area contributed by atoms with E-state index in [1.165, 1.54) is 12.1 Å². The third kappa shape index (κ3) is 3.21. The number of carbonyl (C=O) groups excluding carboxylic acids is 1. The summed E-state index contributed by atoms with van der Waals surface area (Å²) in [4.78, 5) is 11.6. The third-order valence-corrected chi connectivity index (χ3v) is 2.64. The number of epoxide rings is 1. The maximum atomic E-state index is 11.6. The van der Waals surface area contributed by atoms with Crippen LogP contribution in [0.1, 0.15) is 19.4 Å². The van der Waals surface area contributed by atoms with Gasteiger partial charge in [-0.1, -0.05) is 0 Å². The predicted molar refractivity (Wildman–Crippen MR) is 65.5 cm³/mol. The molecule has 1 fully saturated rings. The number of esters is 1. The molecule has 0 aliphatic carbocycles. The van der Waals surface area contributed by atoms with Gasteiger partial charge in [-0.3, -0.25) is 0 Å². The highest BCUT2D eigenvalue weighted by Crippen LogP contribution is 2.27. The number of ether oxygens (including phenoxy) is 2. The summed E-state index contributed by atoms with van der Waals surface area (Å²) in [6.07, 6.45) is 0.774. The van der Waals surface area contributed by atoms with Crippen LogP contribution in [0.2, 0.25) is 0 Å². The average Bonchev–Trinajstić information content (AvgIpc) is 3.05. The number of phenols is 1. The van der Waals surface area contributed by atoms with E-state index in [1.807, 2.05) is 0 Å². The number of benzene rings is 1. The normalized spacial score (nSPS) is 18.5. The second-order valence-electron chi connectivity index (χ2n) is 5.06. The highest BCUT2D eigenvalue weighted by Gasteiger charge is 2.26. The lowest BCUT2D eigenvalue weighted by molar-refractivity contribution is -0.139. The van der Waals surface area contributed by atoms with E-state index >= 15 is 0 Å². The first-order valence-corrected chi connectivity index (χ1v) is 5.81. The van der Waals surface area contributed by atoms with Crippen LogP contribution in [-0.2, 0) is 16.0 Å². The molecule has 18 heavy (non-hydrogen) atoms. The zero-order valence-corrected chi connectivity index (χ0v) is 10.5. The first-order valence-electron chi connectivity index (χ1n) is 5.81. The van der Waals surface area contributed by atoms with Crippen molar-refractivity contribution in [1.29, 1.82) is 0 Å². The molecule has 0 radical (unpaired) electrons. The van der Waals surface area contributed by atoms with Gasteiger partial charge in [0.1, 0.15) is 17.0 Å². The van der Waals surface area contributed by atoms with Crippen molar-refractivity contribution in [2.24, 2.45) is 5.73 Å². The van der Waals surface area contributed by atoms with Crippen LogP contribution in [0.5, 0.6) is 11.5 Å². The highest BCUT2D eigenvalue weighted by molar-refractivity contribution is 5.81. The van der Waals surface area contributed by atoms with Gasteiger partial charge in [-0.05, 0) is 32.0 Å². The van der Waals surface area contributed by atoms with Gasteiger partial charge in [0.25, 0.3) is 0 Å². The maximum Gasteiger partial charge on any atom is 0.330 e. The van der Waals surface area contributed by atoms with E-state index in [9.17, 15) is 9.90 Å². The summed E-state index contributed by atoms with van der Waals surface area (Å²) in [5, 5.41) is 9.68. The molecule has 1 aliphatic heterocycles. The summed E-state index contributed by atoms with van der Waals surface area (Å²) in [7, 11) is 0. The van der Waals surface area contributed by atoms with Crippen LogP contribution in [0.15, 0.2) is 18.2 Å². The summed E-state index contributed by atoms with van der Waals surface area (Å²) in [5.41, 5.74) is 5.30. The number of nitrogens with two attached hydrogens (primary N) is 1. The molecule has 1 unspecified atom stereocenters. The van der Waals surface area contributed by atoms with E-state index in [1.54, 1.807) is 19.9 Å². The molecule has 0 bridgehead atoms. The van der Waals surface area contributed by atoms with Gasteiger partial charge in [0.05, 0.1) is 12.7 Å². The number of hydrogen-bond donors (Lipinski definition) is 2. The van der Waals surface area contributed by atoms with Crippen LogP contribution < -0.4 is 10.5 Å². The second kappa shape index (κ2) is 4.59. The Labute approximate surface area is 106 Å². The summed E-state index contributed by atoms with van der Waals surface area (Å²) >= 11 is 0. The topological polar surface area (TPSA) is 85.1 Å². The molecule has 2 rings (SSSR count). The van der Waals surface area contributed by atoms with E-state index in [-0.39, 0.29) is 11.9 Å². The molecule has 1 aliphatic rings. The quantitative estimate of drug-likeness (QED) is 0.473. The molecule has 1 saturated heterocycles. The van der Waals surface area contributed by atoms with Gasteiger partial charge >= 0.3 is 5.97 Å². The third-order valence-electron chi connectivity index (χ3n) is 2.64. The average molecular weight is 251 g/mol. The molecule has 0 saturated carbocycles. The number of aromatic hydroxyl groups is 1. The maximum absolute atomic E-state index is 11.6. The van der Waals surface area contributed by atoms with Gasteiger partial charge < -0.3 is 20.3 Å². The van der Waals surface area contributed by atoms with Gasteiger partial charge in [-0.25, -0.2) is 4.79 Å². The van der Waals surface area contributed by atoms with Crippen molar-refractivity contribution in [2.75, 3.05) is 6.61 Å². The van der Waals surface area contributed by atoms with Gasteiger partial charge in [0.2, 0.25) is 0 Å². The van der Waals surface area contributed by atoms with Gasteiger partial charge in [-0.2, -0.15) is 0 Å². The van der Waals surface area contributed by atoms with E-state index in [2.05, 4.69) is 0 Å². The Hall–Kier alpha value is -1.59. The van der Waals surface area contributed by atoms with Crippen LogP contribution in [0, 0.1) is 0 Å². The Balaban J connectivity index is 2.11. The Bertz CT molecular complexity index is 461. The van der Waals surface area contributed by atoms with Crippen molar-refractivity contribution in [1.82, 2.24) is 0 Å². The summed E-state index contributed by atoms with van der Waals surface area (Å²) in [6.45, 7) is 3.86. The Morgan fingerprint density at radius 3 is 2.83 bits per heavy atom. The van der Waals surface area contributed by atoms with Crippen molar-refractivity contribution in [3.8, 4) is 11.5 Å². The van der Waals surface area contributed by atoms with Crippen molar-refractivity contribution >= 4 is 5.97 Å². The van der Waals surface area contributed by atoms with Crippen molar-refractivity contribution < 1.29 is 19.4 Å². The van der Waals surface area contributed by atoms with Crippen molar-refractivity contribution in [2.45, 2.75) is 31.9 Å². The van der Waals surface area contributed by atoms with E-state index in [0.717, 1.165) is 0 Å². The van der Waals surface area contributed by atoms with Gasteiger partial charge in [0.15, 0.2) is 0 Å². The molecule has 0 amide bonds. The smallest absolute Gasteiger partial charge is 0.330 e. The van der Waals surface area contributed by atoms with E-state index in [0.29, 0.717) is 24.3 Å². The first kappa shape index (κ1) is 12.9. The van der Waals surface area contributed by atoms with E-state index in [4.69, 9.17) is 15.2 Å². The summed E-state index contributed by atoms with van der Waals surface area (Å²) in [5.74, 6) is 0.0473. The number of rotatable bonds is 4. The molecular formula is C13H17NO4. The standard InChI is InChI=1S/C13H17NO4/c1-13(2,14)12(16)18-9-3-4-11(15)8(5-9)6-10-7-17-10/h3-5,10,15H,6-7,14H2,1-2H3. The molecule has 0 aromatic heterocycles. The minimum absolute atomic E-state index is 0.160. The lowest BCUT2D eigenvalue weighted by atomic mass is 10.1. The lowest BCUT2D eigenvalue weighted by Gasteiger charge is -2.16. The minimum Gasteiger partial charge on any atom is -0.508 e. The minimum atomic E-state index is -1.04. The van der Waals surface area contributed by atoms with Crippen molar-refractivity contribution in [3.63, 3.8) is 0 Å². The zero-order valence-electron chi connectivity index (χ0n) is 10.5. The van der Waals surface area contributed by atoms with Crippen LogP contribution in [0.4, 0.5) is 0 Å². The molecular weight excluding hydrogens is 234 g/mol. The Morgan fingerprint density at radius 1 is 1.61 bits per heavy atom. The fourth-order valence-electron chi connectivity index (χ4n) is 1.46. The molecule has 5 nitrogen and oxygen atoms in total. The van der Waals surface area contributed by atoms with Crippen LogP contribution >= 0.6 is 0 Å². The molecule has 98 valence electrons. The first-order chi connectivity index (χ1) is 8.36. The van der Waals surface area contributed by atoms with Gasteiger partial charge in [0, 0.05) is 12.0 Å². The number of carbonyl (C=O) groups is 1. The number of hydrogen-bond acceptors (Lipinski definition) is 5. The molecule has 5 heteroatoms. The highest BCUT2D eigenvalue weighted by atomic mass is 16.6. The summed E-state index contributed by atoms with van der Waals surface area (Å²) in [6, 6.07) is 4.68. The SMILES string of the molecule is CC(C)(N)C(=O)Oc1ccc(O)c(CC2CO2)c1. The number of phenolic OH excluding ortho intramolecular Hbond substituents is 1. The molecule has 0 spiro atoms. The molecule has 1 atom stereocenters. The Kier molecular flexibility index (Phi) is 3.28. The van der Waals surface area contributed by atoms with E-state index < -0.39 is 11.5 Å². The van der Waals surface area contributed by atoms with Crippen LogP contribution in [-0.4, -0.2) is 29.3 Å². The largest absolute Gasteiger partial charge is 0.508 e. The Morgan fingerprint density at radius 2 is 2.28 bits per heavy atom. The molecule has 1 heterocycles. The molecule has 1 aromatic carbocycles. The lowest BCUT2D eigenvalue weighted by Crippen LogP contribution is -2.44. The molecule has 1 aromatic rings. The fraction of sp³-hybridized carbons (Fsp3) is 0.462. The zero-order chi connectivity index (χ0) is 13.3. The van der Waals surface area contributed by atoms with Crippen LogP contribution in [0.25, 0.3) is 0 Å². The van der Waals surface area contributed by atoms with Crippen molar-refractivity contribution in [3.05, 3.63) is 23.8 Å². The van der Waals surface area contributed by atoms with Gasteiger partial charge in [-0.15, -0.1) is 0 Å². The fourth-order valence-corrected chi connectivity index (χ4v) is 1.46. The monoisotopic (exact) mass is 251 g/mol. The predicted octanol–water partition coefficient (Wildman–Crippen LogP) is 0.976. The second-order valence-corrected chi connectivity index (χ2v) is 5.06. The molecule has 3 N–H and O–H groups in total.